The number of hydrogen-bond donors (Lipinski definition) is 12. The second-order valence-electron chi connectivity index (χ2n) is 16.5. The average molecular weight is 893 g/mol. The van der Waals surface area contributed by atoms with Crippen molar-refractivity contribution >= 4 is 81.8 Å². The minimum atomic E-state index is -0.603. The molecule has 3 aromatic rings. The van der Waals surface area contributed by atoms with Crippen molar-refractivity contribution in [2.45, 2.75) is 101 Å². The summed E-state index contributed by atoms with van der Waals surface area (Å²) in [6.45, 7) is 13.8. The first-order chi connectivity index (χ1) is 29.2. The van der Waals surface area contributed by atoms with E-state index < -0.39 is 11.8 Å². The molecular formula is C42H64N14O4S2. The Kier molecular flexibility index (Phi) is 19.9. The maximum Gasteiger partial charge on any atom is 0.274 e. The maximum atomic E-state index is 14.0. The van der Waals surface area contributed by atoms with Crippen LogP contribution in [0.15, 0.2) is 46.5 Å². The first-order valence-electron chi connectivity index (χ1n) is 20.5. The first kappa shape index (κ1) is 50.9. The summed E-state index contributed by atoms with van der Waals surface area (Å²) in [5.41, 5.74) is 25.3. The SMILES string of the molecule is CC(C)(C)c1cc(NC(=O)CCCCNC(=N)N)c(SCCN)c(NC(=O)c2cc(C(=O)Nc3cc(C(C)(C)C)cc(NC(=O)CCCCNC(=N)N)c3SCCN)ncn2)c1. The smallest absolute Gasteiger partial charge is 0.274 e. The fourth-order valence-corrected chi connectivity index (χ4v) is 7.50. The molecule has 0 atom stereocenters. The highest BCUT2D eigenvalue weighted by Gasteiger charge is 2.25. The number of carbonyl (C=O) groups is 4. The largest absolute Gasteiger partial charge is 0.370 e. The number of benzene rings is 2. The van der Waals surface area contributed by atoms with E-state index in [-0.39, 0.29) is 58.8 Å². The lowest BCUT2D eigenvalue weighted by Crippen LogP contribution is -2.31. The number of nitrogens with zero attached hydrogens (tertiary/aromatic N) is 2. The van der Waals surface area contributed by atoms with Crippen molar-refractivity contribution in [1.82, 2.24) is 20.6 Å². The molecule has 4 amide bonds. The Hall–Kier alpha value is -5.44. The van der Waals surface area contributed by atoms with E-state index in [1.807, 2.05) is 65.8 Å². The second kappa shape index (κ2) is 24.3. The number of unbranched alkanes of at least 4 members (excludes halogenated alkanes) is 2. The molecule has 0 saturated carbocycles. The van der Waals surface area contributed by atoms with Crippen LogP contribution in [0.25, 0.3) is 0 Å². The van der Waals surface area contributed by atoms with Crippen LogP contribution in [0.2, 0.25) is 0 Å². The summed E-state index contributed by atoms with van der Waals surface area (Å²) in [6, 6.07) is 8.83. The molecule has 0 bridgehead atoms. The van der Waals surface area contributed by atoms with Crippen LogP contribution in [0.4, 0.5) is 22.7 Å². The highest BCUT2D eigenvalue weighted by atomic mass is 32.2. The highest BCUT2D eigenvalue weighted by Crippen LogP contribution is 2.41. The average Bonchev–Trinajstić information content (AvgIpc) is 3.18. The number of aromatic nitrogens is 2. The van der Waals surface area contributed by atoms with E-state index in [4.69, 9.17) is 33.8 Å². The fraction of sp³-hybridized carbons (Fsp3) is 0.476. The molecule has 1 aromatic heterocycles. The number of anilines is 4. The van der Waals surface area contributed by atoms with Gasteiger partial charge in [0.05, 0.1) is 32.5 Å². The number of hydrogen-bond acceptors (Lipinski definition) is 12. The number of amides is 4. The van der Waals surface area contributed by atoms with Gasteiger partial charge in [0.25, 0.3) is 11.8 Å². The van der Waals surface area contributed by atoms with E-state index in [0.717, 1.165) is 17.5 Å². The van der Waals surface area contributed by atoms with Crippen LogP contribution < -0.4 is 54.8 Å². The van der Waals surface area contributed by atoms with Gasteiger partial charge in [-0.05, 0) is 71.9 Å². The fourth-order valence-electron chi connectivity index (χ4n) is 5.80. The molecule has 0 spiro atoms. The van der Waals surface area contributed by atoms with Crippen LogP contribution in [0.5, 0.6) is 0 Å². The number of guanidine groups is 2. The molecule has 3 rings (SSSR count). The van der Waals surface area contributed by atoms with Crippen LogP contribution in [-0.2, 0) is 20.4 Å². The first-order valence-corrected chi connectivity index (χ1v) is 22.4. The van der Waals surface area contributed by atoms with Gasteiger partial charge in [0, 0.05) is 56.6 Å². The van der Waals surface area contributed by atoms with Gasteiger partial charge in [-0.3, -0.25) is 30.0 Å². The van der Waals surface area contributed by atoms with Gasteiger partial charge in [-0.25, -0.2) is 9.97 Å². The lowest BCUT2D eigenvalue weighted by Gasteiger charge is -2.24. The van der Waals surface area contributed by atoms with Gasteiger partial charge in [0.1, 0.15) is 17.7 Å². The summed E-state index contributed by atoms with van der Waals surface area (Å²) in [7, 11) is 0. The number of thioether (sulfide) groups is 2. The van der Waals surface area contributed by atoms with Crippen molar-refractivity contribution in [3.8, 4) is 0 Å². The van der Waals surface area contributed by atoms with E-state index in [1.54, 1.807) is 0 Å². The topological polar surface area (TPSA) is 318 Å². The van der Waals surface area contributed by atoms with Gasteiger partial charge in [0.15, 0.2) is 11.9 Å². The minimum absolute atomic E-state index is 0.0709. The van der Waals surface area contributed by atoms with E-state index in [9.17, 15) is 19.2 Å². The molecule has 2 aromatic carbocycles. The Bertz CT molecular complexity index is 1930. The quantitative estimate of drug-likeness (QED) is 0.0278. The van der Waals surface area contributed by atoms with Crippen molar-refractivity contribution in [2.24, 2.45) is 22.9 Å². The standard InChI is InChI=1S/C42H64N14O4S2/c1-41(2,3)25-19-27(53-33(57)11-7-9-15-49-39(45)46)35(61-17-13-43)29(21-25)55-37(59)31-23-32(52-24-51-31)38(60)56-30-22-26(42(4,5)6)20-28(36(30)62-18-14-44)54-34(58)12-8-10-16-50-40(47)48/h19-24H,7-18,43-44H2,1-6H3,(H,53,57)(H,54,58)(H,55,59)(H,56,60)(H4,45,46,49)(H4,47,48,50). The number of rotatable bonds is 22. The monoisotopic (exact) mass is 892 g/mol. The van der Waals surface area contributed by atoms with Gasteiger partial charge in [-0.15, -0.1) is 23.5 Å². The number of carbonyl (C=O) groups excluding carboxylic acids is 4. The molecule has 1 heterocycles. The Morgan fingerprint density at radius 2 is 0.935 bits per heavy atom. The molecule has 0 fully saturated rings. The molecular weight excluding hydrogens is 829 g/mol. The molecule has 0 unspecified atom stereocenters. The second-order valence-corrected chi connectivity index (χ2v) is 18.7. The van der Waals surface area contributed by atoms with Crippen LogP contribution >= 0.6 is 23.5 Å². The lowest BCUT2D eigenvalue weighted by atomic mass is 9.86. The van der Waals surface area contributed by atoms with Crippen molar-refractivity contribution in [3.63, 3.8) is 0 Å². The Balaban J connectivity index is 1.94. The number of nitrogens with two attached hydrogens (primary N) is 4. The Labute approximate surface area is 372 Å². The predicted octanol–water partition coefficient (Wildman–Crippen LogP) is 4.86. The van der Waals surface area contributed by atoms with Gasteiger partial charge >= 0.3 is 0 Å². The van der Waals surface area contributed by atoms with Gasteiger partial charge in [-0.2, -0.15) is 0 Å². The summed E-state index contributed by atoms with van der Waals surface area (Å²) in [5, 5.41) is 32.1. The summed E-state index contributed by atoms with van der Waals surface area (Å²) < 4.78 is 0. The van der Waals surface area contributed by atoms with E-state index in [2.05, 4.69) is 41.9 Å². The van der Waals surface area contributed by atoms with Crippen LogP contribution in [0.1, 0.15) is 112 Å². The van der Waals surface area contributed by atoms with Crippen LogP contribution in [0, 0.1) is 10.8 Å². The zero-order valence-electron chi connectivity index (χ0n) is 36.6. The lowest BCUT2D eigenvalue weighted by molar-refractivity contribution is -0.117. The molecule has 20 heteroatoms. The van der Waals surface area contributed by atoms with Gasteiger partial charge in [-0.1, -0.05) is 41.5 Å². The molecule has 0 aliphatic rings. The van der Waals surface area contributed by atoms with Crippen LogP contribution in [0.3, 0.4) is 0 Å². The third-order valence-electron chi connectivity index (χ3n) is 9.11. The third-order valence-corrected chi connectivity index (χ3v) is 11.4. The number of nitrogens with one attached hydrogen (secondary N) is 8. The summed E-state index contributed by atoms with van der Waals surface area (Å²) in [4.78, 5) is 63.9. The third kappa shape index (κ3) is 16.8. The zero-order chi connectivity index (χ0) is 46.0. The minimum Gasteiger partial charge on any atom is -0.370 e. The zero-order valence-corrected chi connectivity index (χ0v) is 38.2. The van der Waals surface area contributed by atoms with E-state index in [1.165, 1.54) is 29.6 Å². The van der Waals surface area contributed by atoms with Crippen molar-refractivity contribution < 1.29 is 19.2 Å². The summed E-state index contributed by atoms with van der Waals surface area (Å²) >= 11 is 2.78. The van der Waals surface area contributed by atoms with Crippen LogP contribution in [-0.4, -0.2) is 83.2 Å². The van der Waals surface area contributed by atoms with Crippen molar-refractivity contribution in [3.05, 3.63) is 59.2 Å². The van der Waals surface area contributed by atoms with E-state index in [0.29, 0.717) is 95.9 Å². The molecule has 62 heavy (non-hydrogen) atoms. The molecule has 0 radical (unpaired) electrons. The summed E-state index contributed by atoms with van der Waals surface area (Å²) in [6.07, 6.45) is 4.04. The molecule has 338 valence electrons. The van der Waals surface area contributed by atoms with Gasteiger partial charge in [0.2, 0.25) is 11.8 Å². The molecule has 0 saturated heterocycles. The molecule has 18 nitrogen and oxygen atoms in total. The Morgan fingerprint density at radius 3 is 1.26 bits per heavy atom. The van der Waals surface area contributed by atoms with Crippen molar-refractivity contribution in [1.29, 1.82) is 10.8 Å². The maximum absolute atomic E-state index is 14.0. The predicted molar refractivity (Wildman–Crippen MR) is 253 cm³/mol. The molecule has 0 aliphatic carbocycles. The summed E-state index contributed by atoms with van der Waals surface area (Å²) in [5.74, 6) is -0.866. The molecule has 16 N–H and O–H groups in total. The Morgan fingerprint density at radius 1 is 0.581 bits per heavy atom. The molecule has 0 aliphatic heterocycles. The normalized spacial score (nSPS) is 11.4. The van der Waals surface area contributed by atoms with Gasteiger partial charge < -0.3 is 54.8 Å². The van der Waals surface area contributed by atoms with Crippen molar-refractivity contribution in [2.75, 3.05) is 59.0 Å². The van der Waals surface area contributed by atoms with E-state index >= 15 is 0 Å². The highest BCUT2D eigenvalue weighted by molar-refractivity contribution is 7.99.